The summed E-state index contributed by atoms with van der Waals surface area (Å²) in [5, 5.41) is 9.49. The van der Waals surface area contributed by atoms with Crippen LogP contribution in [0, 0.1) is 13.8 Å². The zero-order valence-corrected chi connectivity index (χ0v) is 18.9. The highest BCUT2D eigenvalue weighted by Crippen LogP contribution is 2.35. The highest BCUT2D eigenvalue weighted by atomic mass is 32.1. The molecule has 2 N–H and O–H groups in total. The lowest BCUT2D eigenvalue weighted by Gasteiger charge is -2.05. The average Bonchev–Trinajstić information content (AvgIpc) is 3.41. The summed E-state index contributed by atoms with van der Waals surface area (Å²) in [6, 6.07) is 15.5. The average molecular weight is 459 g/mol. The largest absolute Gasteiger partial charge is 0.331 e. The molecule has 0 aliphatic heterocycles. The molecular weight excluding hydrogens is 440 g/mol. The van der Waals surface area contributed by atoms with Crippen molar-refractivity contribution in [1.29, 1.82) is 0 Å². The zero-order valence-electron chi connectivity index (χ0n) is 17.3. The van der Waals surface area contributed by atoms with E-state index in [1.54, 1.807) is 0 Å². The molecule has 0 fully saturated rings. The van der Waals surface area contributed by atoms with E-state index in [9.17, 15) is 4.79 Å². The summed E-state index contributed by atoms with van der Waals surface area (Å²) in [5.41, 5.74) is 5.48. The van der Waals surface area contributed by atoms with Gasteiger partial charge in [-0.1, -0.05) is 41.7 Å². The van der Waals surface area contributed by atoms with Gasteiger partial charge in [0.05, 0.1) is 33.5 Å². The molecule has 3 aromatic heterocycles. The summed E-state index contributed by atoms with van der Waals surface area (Å²) >= 11 is 2.92. The SMILES string of the molecule is Cc1ccccc1Nc1nc(-c2sc(NC(=O)c3cnc4ccccc4n3)nc2C)cs1. The van der Waals surface area contributed by atoms with Gasteiger partial charge in [-0.3, -0.25) is 15.1 Å². The van der Waals surface area contributed by atoms with E-state index < -0.39 is 0 Å². The number of fused-ring (bicyclic) bond motifs is 1. The van der Waals surface area contributed by atoms with Gasteiger partial charge >= 0.3 is 0 Å². The molecule has 0 saturated carbocycles. The van der Waals surface area contributed by atoms with Gasteiger partial charge in [-0.2, -0.15) is 0 Å². The molecule has 7 nitrogen and oxygen atoms in total. The van der Waals surface area contributed by atoms with Crippen LogP contribution >= 0.6 is 22.7 Å². The Morgan fingerprint density at radius 2 is 1.69 bits per heavy atom. The van der Waals surface area contributed by atoms with Crippen molar-refractivity contribution in [3.63, 3.8) is 0 Å². The first-order chi connectivity index (χ1) is 15.6. The van der Waals surface area contributed by atoms with Crippen molar-refractivity contribution >= 4 is 55.6 Å². The first-order valence-electron chi connectivity index (χ1n) is 9.86. The number of benzene rings is 2. The van der Waals surface area contributed by atoms with E-state index in [1.807, 2.05) is 54.8 Å². The van der Waals surface area contributed by atoms with Crippen molar-refractivity contribution < 1.29 is 4.79 Å². The fraction of sp³-hybridized carbons (Fsp3) is 0.0870. The molecule has 1 amide bonds. The molecule has 0 bridgehead atoms. The standard InChI is InChI=1S/C23H18N6OS2/c1-13-7-3-4-8-15(13)27-22-28-19(12-31-22)20-14(2)25-23(32-20)29-21(30)18-11-24-16-9-5-6-10-17(16)26-18/h3-12H,1-2H3,(H,27,28)(H,25,29,30). The number of hydrogen-bond acceptors (Lipinski definition) is 8. The second-order valence-electron chi connectivity index (χ2n) is 7.11. The third-order valence-electron chi connectivity index (χ3n) is 4.82. The van der Waals surface area contributed by atoms with Gasteiger partial charge in [0.15, 0.2) is 10.3 Å². The monoisotopic (exact) mass is 458 g/mol. The van der Waals surface area contributed by atoms with Crippen LogP contribution in [0.4, 0.5) is 16.0 Å². The molecule has 0 atom stereocenters. The van der Waals surface area contributed by atoms with Crippen molar-refractivity contribution in [1.82, 2.24) is 19.9 Å². The van der Waals surface area contributed by atoms with E-state index in [1.165, 1.54) is 28.9 Å². The lowest BCUT2D eigenvalue weighted by molar-refractivity contribution is 0.102. The molecule has 0 radical (unpaired) electrons. The number of anilines is 3. The molecule has 5 rings (SSSR count). The summed E-state index contributed by atoms with van der Waals surface area (Å²) in [5.74, 6) is -0.344. The van der Waals surface area contributed by atoms with E-state index in [0.717, 1.165) is 38.2 Å². The number of aryl methyl sites for hydroxylation is 2. The predicted molar refractivity (Wildman–Crippen MR) is 130 cm³/mol. The molecule has 158 valence electrons. The quantitative estimate of drug-likeness (QED) is 0.345. The fourth-order valence-corrected chi connectivity index (χ4v) is 4.89. The molecule has 0 aliphatic carbocycles. The molecule has 0 unspecified atom stereocenters. The number of thiazole rings is 2. The predicted octanol–water partition coefficient (Wildman–Crippen LogP) is 5.82. The fourth-order valence-electron chi connectivity index (χ4n) is 3.18. The van der Waals surface area contributed by atoms with Gasteiger partial charge in [-0.05, 0) is 37.6 Å². The molecule has 9 heteroatoms. The smallest absolute Gasteiger partial charge is 0.277 e. The molecule has 0 aliphatic rings. The van der Waals surface area contributed by atoms with Gasteiger partial charge in [0.25, 0.3) is 5.91 Å². The summed E-state index contributed by atoms with van der Waals surface area (Å²) in [4.78, 5) is 31.5. The number of hydrogen-bond donors (Lipinski definition) is 2. The highest BCUT2D eigenvalue weighted by Gasteiger charge is 2.17. The maximum Gasteiger partial charge on any atom is 0.277 e. The van der Waals surface area contributed by atoms with Gasteiger partial charge < -0.3 is 5.32 Å². The number of carbonyl (C=O) groups is 1. The molecule has 2 aromatic carbocycles. The van der Waals surface area contributed by atoms with E-state index >= 15 is 0 Å². The number of nitrogens with one attached hydrogen (secondary N) is 2. The van der Waals surface area contributed by atoms with Crippen LogP contribution in [0.3, 0.4) is 0 Å². The second-order valence-corrected chi connectivity index (χ2v) is 8.97. The van der Waals surface area contributed by atoms with Crippen LogP contribution < -0.4 is 10.6 Å². The number of carbonyl (C=O) groups excluding carboxylic acids is 1. The number of para-hydroxylation sites is 3. The lowest BCUT2D eigenvalue weighted by Crippen LogP contribution is -2.14. The molecule has 32 heavy (non-hydrogen) atoms. The first kappa shape index (κ1) is 20.2. The minimum atomic E-state index is -0.344. The van der Waals surface area contributed by atoms with Gasteiger partial charge in [0.1, 0.15) is 5.69 Å². The molecule has 3 heterocycles. The third kappa shape index (κ3) is 4.08. The van der Waals surface area contributed by atoms with E-state index in [4.69, 9.17) is 4.98 Å². The Bertz CT molecular complexity index is 1440. The normalized spacial score (nSPS) is 10.9. The third-order valence-corrected chi connectivity index (χ3v) is 6.67. The number of nitrogens with zero attached hydrogens (tertiary/aromatic N) is 4. The molecule has 0 saturated heterocycles. The van der Waals surface area contributed by atoms with Crippen molar-refractivity contribution in [3.05, 3.63) is 77.1 Å². The van der Waals surface area contributed by atoms with Crippen LogP contribution in [0.1, 0.15) is 21.7 Å². The van der Waals surface area contributed by atoms with Crippen LogP contribution in [0.2, 0.25) is 0 Å². The molecular formula is C23H18N6OS2. The number of rotatable bonds is 5. The van der Waals surface area contributed by atoms with Crippen molar-refractivity contribution in [2.24, 2.45) is 0 Å². The maximum absolute atomic E-state index is 12.7. The Hall–Kier alpha value is -3.69. The summed E-state index contributed by atoms with van der Waals surface area (Å²) in [7, 11) is 0. The highest BCUT2D eigenvalue weighted by molar-refractivity contribution is 7.20. The van der Waals surface area contributed by atoms with E-state index in [2.05, 4.69) is 38.6 Å². The molecule has 0 spiro atoms. The van der Waals surface area contributed by atoms with Gasteiger partial charge in [0, 0.05) is 11.1 Å². The van der Waals surface area contributed by atoms with Gasteiger partial charge in [0.2, 0.25) is 0 Å². The summed E-state index contributed by atoms with van der Waals surface area (Å²) < 4.78 is 0. The van der Waals surface area contributed by atoms with Gasteiger partial charge in [-0.15, -0.1) is 11.3 Å². The van der Waals surface area contributed by atoms with Crippen LogP contribution in [0.5, 0.6) is 0 Å². The van der Waals surface area contributed by atoms with Crippen molar-refractivity contribution in [2.75, 3.05) is 10.6 Å². The molecule has 5 aromatic rings. The Balaban J connectivity index is 1.34. The minimum absolute atomic E-state index is 0.247. The summed E-state index contributed by atoms with van der Waals surface area (Å²) in [6.07, 6.45) is 1.48. The van der Waals surface area contributed by atoms with Crippen molar-refractivity contribution in [2.45, 2.75) is 13.8 Å². The topological polar surface area (TPSA) is 92.7 Å². The van der Waals surface area contributed by atoms with E-state index in [-0.39, 0.29) is 11.6 Å². The minimum Gasteiger partial charge on any atom is -0.331 e. The Kier molecular flexibility index (Phi) is 5.34. The second kappa shape index (κ2) is 8.45. The number of amides is 1. The van der Waals surface area contributed by atoms with Crippen LogP contribution in [-0.2, 0) is 0 Å². The van der Waals surface area contributed by atoms with Crippen LogP contribution in [0.15, 0.2) is 60.1 Å². The Morgan fingerprint density at radius 1 is 0.906 bits per heavy atom. The first-order valence-corrected chi connectivity index (χ1v) is 11.6. The van der Waals surface area contributed by atoms with Gasteiger partial charge in [-0.25, -0.2) is 15.0 Å². The number of aromatic nitrogens is 4. The van der Waals surface area contributed by atoms with Crippen LogP contribution in [0.25, 0.3) is 21.6 Å². The Labute approximate surface area is 192 Å². The van der Waals surface area contributed by atoms with Crippen molar-refractivity contribution in [3.8, 4) is 10.6 Å². The lowest BCUT2D eigenvalue weighted by atomic mass is 10.2. The van der Waals surface area contributed by atoms with E-state index in [0.29, 0.717) is 10.6 Å². The Morgan fingerprint density at radius 3 is 2.53 bits per heavy atom. The summed E-state index contributed by atoms with van der Waals surface area (Å²) in [6.45, 7) is 3.96. The van der Waals surface area contributed by atoms with Crippen LogP contribution in [-0.4, -0.2) is 25.8 Å². The zero-order chi connectivity index (χ0) is 22.1. The maximum atomic E-state index is 12.7.